The fourth-order valence-corrected chi connectivity index (χ4v) is 2.20. The zero-order valence-electron chi connectivity index (χ0n) is 12.4. The molecule has 1 N–H and O–H groups in total. The Bertz CT molecular complexity index is 958. The predicted molar refractivity (Wildman–Crippen MR) is 88.7 cm³/mol. The van der Waals surface area contributed by atoms with E-state index in [1.54, 1.807) is 43.5 Å². The van der Waals surface area contributed by atoms with Crippen LogP contribution in [0.2, 0.25) is 0 Å². The van der Waals surface area contributed by atoms with Crippen LogP contribution in [0.25, 0.3) is 17.0 Å². The maximum atomic E-state index is 12.2. The van der Waals surface area contributed by atoms with Gasteiger partial charge in [-0.1, -0.05) is 30.3 Å². The summed E-state index contributed by atoms with van der Waals surface area (Å²) in [5.41, 5.74) is 0.990. The highest BCUT2D eigenvalue weighted by molar-refractivity contribution is 6.05. The molecule has 0 bridgehead atoms. The third-order valence-electron chi connectivity index (χ3n) is 3.37. The quantitative estimate of drug-likeness (QED) is 0.594. The van der Waals surface area contributed by atoms with Crippen molar-refractivity contribution < 1.29 is 9.53 Å². The highest BCUT2D eigenvalue weighted by Crippen LogP contribution is 2.14. The number of nitrogens with zero attached hydrogens (tertiary/aromatic N) is 1. The highest BCUT2D eigenvalue weighted by Gasteiger charge is 2.08. The molecule has 0 aliphatic carbocycles. The number of carbonyl (C=O) groups excluding carboxylic acids is 1. The van der Waals surface area contributed by atoms with Gasteiger partial charge in [0.05, 0.1) is 18.0 Å². The van der Waals surface area contributed by atoms with Crippen molar-refractivity contribution in [2.45, 2.75) is 0 Å². The Morgan fingerprint density at radius 3 is 2.83 bits per heavy atom. The van der Waals surface area contributed by atoms with E-state index < -0.39 is 0 Å². The number of para-hydroxylation sites is 1. The van der Waals surface area contributed by atoms with Gasteiger partial charge in [0.15, 0.2) is 5.82 Å². The average Bonchev–Trinajstić information content (AvgIpc) is 2.60. The Kier molecular flexibility index (Phi) is 4.01. The van der Waals surface area contributed by atoms with E-state index in [2.05, 4.69) is 9.97 Å². The number of ether oxygens (including phenoxy) is 1. The molecule has 3 aromatic rings. The van der Waals surface area contributed by atoms with Crippen LogP contribution in [0, 0.1) is 0 Å². The zero-order valence-corrected chi connectivity index (χ0v) is 12.4. The maximum absolute atomic E-state index is 12.2. The molecule has 0 spiro atoms. The monoisotopic (exact) mass is 306 g/mol. The van der Waals surface area contributed by atoms with Crippen LogP contribution in [0.5, 0.6) is 5.75 Å². The molecule has 0 saturated heterocycles. The van der Waals surface area contributed by atoms with Crippen molar-refractivity contribution in [1.82, 2.24) is 9.97 Å². The topological polar surface area (TPSA) is 72.0 Å². The van der Waals surface area contributed by atoms with E-state index in [0.29, 0.717) is 16.7 Å². The molecule has 23 heavy (non-hydrogen) atoms. The van der Waals surface area contributed by atoms with E-state index in [0.717, 1.165) is 5.56 Å². The van der Waals surface area contributed by atoms with E-state index in [1.165, 1.54) is 6.08 Å². The molecule has 0 fully saturated rings. The molecule has 1 aromatic heterocycles. The van der Waals surface area contributed by atoms with E-state index in [4.69, 9.17) is 4.74 Å². The Balaban J connectivity index is 1.91. The Labute approximate surface area is 132 Å². The molecule has 1 heterocycles. The molecule has 0 saturated carbocycles. The molecule has 0 aliphatic heterocycles. The number of ketones is 1. The molecular weight excluding hydrogens is 292 g/mol. The number of fused-ring (bicyclic) bond motifs is 1. The first-order valence-corrected chi connectivity index (χ1v) is 7.03. The number of H-pyrrole nitrogens is 1. The minimum atomic E-state index is -0.365. The summed E-state index contributed by atoms with van der Waals surface area (Å²) in [6, 6.07) is 14.2. The second-order valence-corrected chi connectivity index (χ2v) is 4.91. The van der Waals surface area contributed by atoms with Crippen LogP contribution in [-0.2, 0) is 0 Å². The minimum Gasteiger partial charge on any atom is -0.497 e. The first-order chi connectivity index (χ1) is 11.2. The molecule has 0 atom stereocenters. The number of nitrogens with one attached hydrogen (secondary N) is 1. The number of allylic oxidation sites excluding steroid dienone is 1. The molecule has 0 amide bonds. The molecule has 0 aliphatic rings. The lowest BCUT2D eigenvalue weighted by Gasteiger charge is -2.01. The van der Waals surface area contributed by atoms with Crippen molar-refractivity contribution in [3.63, 3.8) is 0 Å². The van der Waals surface area contributed by atoms with Gasteiger partial charge in [0.1, 0.15) is 5.75 Å². The maximum Gasteiger partial charge on any atom is 0.259 e. The lowest BCUT2D eigenvalue weighted by atomic mass is 10.2. The Morgan fingerprint density at radius 2 is 2.00 bits per heavy atom. The number of rotatable bonds is 4. The summed E-state index contributed by atoms with van der Waals surface area (Å²) in [6.07, 6.45) is 3.03. The normalized spacial score (nSPS) is 11.0. The van der Waals surface area contributed by atoms with Crippen LogP contribution in [0.15, 0.2) is 59.4 Å². The van der Waals surface area contributed by atoms with Gasteiger partial charge in [-0.25, -0.2) is 4.98 Å². The number of carbonyl (C=O) groups is 1. The number of aromatic nitrogens is 2. The predicted octanol–water partition coefficient (Wildman–Crippen LogP) is 2.83. The van der Waals surface area contributed by atoms with Gasteiger partial charge in [0.25, 0.3) is 5.56 Å². The summed E-state index contributed by atoms with van der Waals surface area (Å²) >= 11 is 0. The van der Waals surface area contributed by atoms with Gasteiger partial charge in [0.2, 0.25) is 5.78 Å². The SMILES string of the molecule is COc1cccc(/C=C/C(=O)c2nc3ccccc3c(=O)[nH]2)c1. The van der Waals surface area contributed by atoms with Crippen molar-refractivity contribution in [3.8, 4) is 5.75 Å². The van der Waals surface area contributed by atoms with Crippen molar-refractivity contribution >= 4 is 22.8 Å². The van der Waals surface area contributed by atoms with Crippen LogP contribution in [0.4, 0.5) is 0 Å². The number of hydrogen-bond donors (Lipinski definition) is 1. The van der Waals surface area contributed by atoms with Crippen LogP contribution in [-0.4, -0.2) is 22.9 Å². The average molecular weight is 306 g/mol. The smallest absolute Gasteiger partial charge is 0.259 e. The van der Waals surface area contributed by atoms with E-state index >= 15 is 0 Å². The molecule has 0 unspecified atom stereocenters. The fourth-order valence-electron chi connectivity index (χ4n) is 2.20. The van der Waals surface area contributed by atoms with Crippen LogP contribution < -0.4 is 10.3 Å². The summed E-state index contributed by atoms with van der Waals surface area (Å²) in [7, 11) is 1.58. The van der Waals surface area contributed by atoms with Gasteiger partial charge in [-0.05, 0) is 35.9 Å². The summed E-state index contributed by atoms with van der Waals surface area (Å²) in [5.74, 6) is 0.361. The van der Waals surface area contributed by atoms with Crippen LogP contribution in [0.3, 0.4) is 0 Å². The minimum absolute atomic E-state index is 0.0212. The first kappa shape index (κ1) is 14.7. The third kappa shape index (κ3) is 3.18. The fraction of sp³-hybridized carbons (Fsp3) is 0.0556. The molecule has 5 heteroatoms. The second kappa shape index (κ2) is 6.27. The lowest BCUT2D eigenvalue weighted by molar-refractivity contribution is 0.103. The summed E-state index contributed by atoms with van der Waals surface area (Å²) in [4.78, 5) is 30.9. The van der Waals surface area contributed by atoms with Crippen molar-refractivity contribution in [2.75, 3.05) is 7.11 Å². The number of aromatic amines is 1. The van der Waals surface area contributed by atoms with Gasteiger partial charge in [0, 0.05) is 0 Å². The third-order valence-corrected chi connectivity index (χ3v) is 3.37. The Morgan fingerprint density at radius 1 is 1.17 bits per heavy atom. The number of hydrogen-bond acceptors (Lipinski definition) is 4. The second-order valence-electron chi connectivity index (χ2n) is 4.91. The van der Waals surface area contributed by atoms with Gasteiger partial charge in [-0.2, -0.15) is 0 Å². The Hall–Kier alpha value is -3.21. The number of benzene rings is 2. The molecule has 3 rings (SSSR count). The van der Waals surface area contributed by atoms with Crippen LogP contribution >= 0.6 is 0 Å². The standard InChI is InChI=1S/C18H14N2O3/c1-23-13-6-4-5-12(11-13)9-10-16(21)17-19-15-8-3-2-7-14(15)18(22)20-17/h2-11H,1H3,(H,19,20,22)/b10-9+. The molecular formula is C18H14N2O3. The lowest BCUT2D eigenvalue weighted by Crippen LogP contribution is -2.14. The molecule has 2 aromatic carbocycles. The largest absolute Gasteiger partial charge is 0.497 e. The van der Waals surface area contributed by atoms with Gasteiger partial charge in [-0.3, -0.25) is 9.59 Å². The van der Waals surface area contributed by atoms with Gasteiger partial charge < -0.3 is 9.72 Å². The van der Waals surface area contributed by atoms with Gasteiger partial charge >= 0.3 is 0 Å². The van der Waals surface area contributed by atoms with E-state index in [9.17, 15) is 9.59 Å². The number of methoxy groups -OCH3 is 1. The van der Waals surface area contributed by atoms with Crippen molar-refractivity contribution in [1.29, 1.82) is 0 Å². The van der Waals surface area contributed by atoms with Crippen molar-refractivity contribution in [3.05, 3.63) is 76.3 Å². The molecule has 5 nitrogen and oxygen atoms in total. The zero-order chi connectivity index (χ0) is 16.2. The molecule has 0 radical (unpaired) electrons. The van der Waals surface area contributed by atoms with E-state index in [1.807, 2.05) is 18.2 Å². The summed E-state index contributed by atoms with van der Waals surface area (Å²) < 4.78 is 5.13. The molecule has 114 valence electrons. The van der Waals surface area contributed by atoms with Gasteiger partial charge in [-0.15, -0.1) is 0 Å². The van der Waals surface area contributed by atoms with E-state index in [-0.39, 0.29) is 17.2 Å². The highest BCUT2D eigenvalue weighted by atomic mass is 16.5. The summed E-state index contributed by atoms with van der Waals surface area (Å²) in [5, 5.41) is 0.459. The van der Waals surface area contributed by atoms with Crippen molar-refractivity contribution in [2.24, 2.45) is 0 Å². The summed E-state index contributed by atoms with van der Waals surface area (Å²) in [6.45, 7) is 0. The van der Waals surface area contributed by atoms with Crippen LogP contribution in [0.1, 0.15) is 16.2 Å². The first-order valence-electron chi connectivity index (χ1n) is 7.03.